The number of nitrogens with zero attached hydrogens (tertiary/aromatic N) is 2. The standard InChI is InChI=1S/C27H29N3O5/c1-3-17-35-20-11-9-19(10-12-20)25(31)23-24(21-7-4-5-8-22(21)34-2)30(27(33)26(23)32)15-6-14-29-16-13-28-18-29/h4-5,7-13,16,18,24H,3,6,14-15,17H2,1-2H3,(H,31,32)/p+1. The van der Waals surface area contributed by atoms with Crippen molar-refractivity contribution in [3.05, 3.63) is 84.0 Å². The number of ketones is 1. The Morgan fingerprint density at radius 1 is 1.14 bits per heavy atom. The lowest BCUT2D eigenvalue weighted by atomic mass is 9.94. The van der Waals surface area contributed by atoms with Crippen LogP contribution in [0.3, 0.4) is 0 Å². The highest BCUT2D eigenvalue weighted by Gasteiger charge is 2.46. The lowest BCUT2D eigenvalue weighted by molar-refractivity contribution is -0.695. The third-order valence-corrected chi connectivity index (χ3v) is 5.99. The molecule has 2 heterocycles. The van der Waals surface area contributed by atoms with Crippen LogP contribution in [-0.2, 0) is 16.1 Å². The number of benzene rings is 2. The topological polar surface area (TPSA) is 95.7 Å². The van der Waals surface area contributed by atoms with Gasteiger partial charge in [0.2, 0.25) is 6.33 Å². The number of hydrogen-bond donors (Lipinski definition) is 2. The Balaban J connectivity index is 1.72. The monoisotopic (exact) mass is 476 g/mol. The third-order valence-electron chi connectivity index (χ3n) is 5.99. The number of imidazole rings is 1. The lowest BCUT2D eigenvalue weighted by Crippen LogP contribution is -2.36. The molecular weight excluding hydrogens is 446 g/mol. The maximum atomic E-state index is 13.2. The number of ether oxygens (including phenoxy) is 2. The fourth-order valence-corrected chi connectivity index (χ4v) is 4.29. The number of likely N-dealkylation sites (tertiary alicyclic amines) is 1. The molecule has 35 heavy (non-hydrogen) atoms. The Kier molecular flexibility index (Phi) is 7.50. The normalized spacial score (nSPS) is 17.1. The molecule has 0 bridgehead atoms. The number of aliphatic hydroxyl groups excluding tert-OH is 1. The van der Waals surface area contributed by atoms with Crippen molar-refractivity contribution in [2.75, 3.05) is 20.3 Å². The molecule has 1 fully saturated rings. The van der Waals surface area contributed by atoms with Crippen LogP contribution in [0.25, 0.3) is 5.76 Å². The van der Waals surface area contributed by atoms with E-state index in [0.717, 1.165) is 6.42 Å². The maximum absolute atomic E-state index is 13.2. The zero-order valence-corrected chi connectivity index (χ0v) is 19.9. The van der Waals surface area contributed by atoms with Crippen molar-refractivity contribution in [3.63, 3.8) is 0 Å². The molecule has 0 aliphatic carbocycles. The van der Waals surface area contributed by atoms with Gasteiger partial charge in [-0.2, -0.15) is 0 Å². The number of nitrogens with one attached hydrogen (secondary N) is 1. The number of aryl methyl sites for hydroxylation is 1. The van der Waals surface area contributed by atoms with E-state index in [4.69, 9.17) is 9.47 Å². The molecule has 8 nitrogen and oxygen atoms in total. The first kappa shape index (κ1) is 24.1. The van der Waals surface area contributed by atoms with Crippen LogP contribution >= 0.6 is 0 Å². The van der Waals surface area contributed by atoms with Gasteiger partial charge in [-0.3, -0.25) is 14.6 Å². The van der Waals surface area contributed by atoms with E-state index < -0.39 is 17.7 Å². The van der Waals surface area contributed by atoms with Crippen LogP contribution in [0.15, 0.2) is 72.8 Å². The van der Waals surface area contributed by atoms with Crippen LogP contribution in [0.2, 0.25) is 0 Å². The predicted molar refractivity (Wildman–Crippen MR) is 130 cm³/mol. The highest BCUT2D eigenvalue weighted by Crippen LogP contribution is 2.42. The van der Waals surface area contributed by atoms with Gasteiger partial charge in [0.25, 0.3) is 11.7 Å². The minimum atomic E-state index is -0.765. The second kappa shape index (κ2) is 10.9. The Bertz CT molecular complexity index is 1200. The number of carbonyl (C=O) groups excluding carboxylic acids is 2. The zero-order valence-electron chi connectivity index (χ0n) is 19.9. The van der Waals surface area contributed by atoms with E-state index in [2.05, 4.69) is 4.98 Å². The SMILES string of the molecule is CCCOc1ccc(C(O)=C2C(=O)C(=O)N(CCC[n+]3cc[nH]c3)C2c2ccccc2OC)cc1. The number of hydrogen-bond acceptors (Lipinski definition) is 5. The average Bonchev–Trinajstić information content (AvgIpc) is 3.49. The van der Waals surface area contributed by atoms with Crippen LogP contribution in [-0.4, -0.2) is 46.9 Å². The van der Waals surface area contributed by atoms with E-state index in [0.29, 0.717) is 48.7 Å². The number of H-pyrrole nitrogens is 1. The number of amides is 1. The number of rotatable bonds is 10. The first-order valence-electron chi connectivity index (χ1n) is 11.7. The van der Waals surface area contributed by atoms with E-state index >= 15 is 0 Å². The van der Waals surface area contributed by atoms with Crippen molar-refractivity contribution in [3.8, 4) is 11.5 Å². The summed E-state index contributed by atoms with van der Waals surface area (Å²) in [5.74, 6) is -0.349. The van der Waals surface area contributed by atoms with E-state index in [-0.39, 0.29) is 11.3 Å². The second-order valence-electron chi connectivity index (χ2n) is 8.31. The lowest BCUT2D eigenvalue weighted by Gasteiger charge is -2.26. The van der Waals surface area contributed by atoms with Gasteiger partial charge in [0.1, 0.15) is 29.7 Å². The van der Waals surface area contributed by atoms with Crippen molar-refractivity contribution in [2.45, 2.75) is 32.4 Å². The fourth-order valence-electron chi connectivity index (χ4n) is 4.29. The molecule has 2 N–H and O–H groups in total. The minimum absolute atomic E-state index is 0.0519. The molecule has 3 aromatic rings. The summed E-state index contributed by atoms with van der Waals surface area (Å²) < 4.78 is 13.1. The van der Waals surface area contributed by atoms with Crippen LogP contribution < -0.4 is 14.0 Å². The quantitative estimate of drug-likeness (QED) is 0.202. The molecule has 0 radical (unpaired) electrons. The van der Waals surface area contributed by atoms with Gasteiger partial charge >= 0.3 is 0 Å². The van der Waals surface area contributed by atoms with E-state index in [1.165, 1.54) is 4.90 Å². The number of aliphatic hydroxyl groups is 1. The van der Waals surface area contributed by atoms with Gasteiger partial charge < -0.3 is 19.5 Å². The molecular formula is C27H30N3O5+. The molecule has 0 spiro atoms. The number of aromatic amines is 1. The van der Waals surface area contributed by atoms with Crippen molar-refractivity contribution in [2.24, 2.45) is 0 Å². The fraction of sp³-hybridized carbons (Fsp3) is 0.296. The Morgan fingerprint density at radius 3 is 2.60 bits per heavy atom. The van der Waals surface area contributed by atoms with Crippen LogP contribution in [0.1, 0.15) is 36.9 Å². The van der Waals surface area contributed by atoms with Gasteiger partial charge in [0, 0.05) is 24.1 Å². The molecule has 182 valence electrons. The van der Waals surface area contributed by atoms with Gasteiger partial charge in [-0.05, 0) is 36.8 Å². The highest BCUT2D eigenvalue weighted by molar-refractivity contribution is 6.46. The summed E-state index contributed by atoms with van der Waals surface area (Å²) in [4.78, 5) is 30.9. The Labute approximate surface area is 204 Å². The molecule has 2 aromatic carbocycles. The third kappa shape index (κ3) is 5.06. The van der Waals surface area contributed by atoms with Gasteiger partial charge in [0.05, 0.1) is 31.9 Å². The molecule has 1 aliphatic heterocycles. The summed E-state index contributed by atoms with van der Waals surface area (Å²) in [7, 11) is 1.54. The summed E-state index contributed by atoms with van der Waals surface area (Å²) in [5, 5.41) is 11.3. The summed E-state index contributed by atoms with van der Waals surface area (Å²) in [6.07, 6.45) is 7.07. The molecule has 1 atom stereocenters. The van der Waals surface area contributed by atoms with Gasteiger partial charge in [-0.1, -0.05) is 25.1 Å². The van der Waals surface area contributed by atoms with Crippen molar-refractivity contribution < 1.29 is 28.7 Å². The van der Waals surface area contributed by atoms with Gasteiger partial charge in [0.15, 0.2) is 0 Å². The number of para-hydroxylation sites is 1. The summed E-state index contributed by atoms with van der Waals surface area (Å²) >= 11 is 0. The average molecular weight is 477 g/mol. The van der Waals surface area contributed by atoms with Crippen molar-refractivity contribution >= 4 is 17.4 Å². The zero-order chi connectivity index (χ0) is 24.8. The van der Waals surface area contributed by atoms with Crippen LogP contribution in [0.4, 0.5) is 0 Å². The Morgan fingerprint density at radius 2 is 1.91 bits per heavy atom. The molecule has 8 heteroatoms. The van der Waals surface area contributed by atoms with Gasteiger partial charge in [-0.25, -0.2) is 4.57 Å². The largest absolute Gasteiger partial charge is 0.507 e. The Hall–Kier alpha value is -4.07. The summed E-state index contributed by atoms with van der Waals surface area (Å²) in [5.41, 5.74) is 1.14. The van der Waals surface area contributed by atoms with Crippen molar-refractivity contribution in [1.82, 2.24) is 9.88 Å². The van der Waals surface area contributed by atoms with Crippen LogP contribution in [0.5, 0.6) is 11.5 Å². The molecule has 1 unspecified atom stereocenters. The molecule has 1 saturated heterocycles. The summed E-state index contributed by atoms with van der Waals surface area (Å²) in [6.45, 7) is 3.62. The first-order chi connectivity index (χ1) is 17.0. The number of Topliss-reactive ketones (excluding diaryl/α,β-unsaturated/α-hetero) is 1. The van der Waals surface area contributed by atoms with Crippen molar-refractivity contribution in [1.29, 1.82) is 0 Å². The molecule has 0 saturated carbocycles. The van der Waals surface area contributed by atoms with Crippen LogP contribution in [0, 0.1) is 0 Å². The van der Waals surface area contributed by atoms with E-state index in [9.17, 15) is 14.7 Å². The van der Waals surface area contributed by atoms with E-state index in [1.54, 1.807) is 37.4 Å². The molecule has 4 rings (SSSR count). The number of aromatic nitrogens is 2. The van der Waals surface area contributed by atoms with E-state index in [1.807, 2.05) is 48.4 Å². The number of methoxy groups -OCH3 is 1. The van der Waals surface area contributed by atoms with Gasteiger partial charge in [-0.15, -0.1) is 0 Å². The first-order valence-corrected chi connectivity index (χ1v) is 11.7. The predicted octanol–water partition coefficient (Wildman–Crippen LogP) is 3.61. The minimum Gasteiger partial charge on any atom is -0.507 e. The smallest absolute Gasteiger partial charge is 0.295 e. The number of carbonyl (C=O) groups is 2. The summed E-state index contributed by atoms with van der Waals surface area (Å²) in [6, 6.07) is 13.4. The molecule has 1 amide bonds. The molecule has 1 aliphatic rings. The molecule has 1 aromatic heterocycles. The highest BCUT2D eigenvalue weighted by atomic mass is 16.5. The second-order valence-corrected chi connectivity index (χ2v) is 8.31. The maximum Gasteiger partial charge on any atom is 0.295 e.